The van der Waals surface area contributed by atoms with Crippen LogP contribution in [0.25, 0.3) is 0 Å². The highest BCUT2D eigenvalue weighted by molar-refractivity contribution is 6.30. The van der Waals surface area contributed by atoms with Gasteiger partial charge < -0.3 is 9.47 Å². The van der Waals surface area contributed by atoms with Crippen LogP contribution in [0.15, 0.2) is 78.9 Å². The zero-order chi connectivity index (χ0) is 25.9. The number of benzene rings is 3. The Hall–Kier alpha value is -3.15. The van der Waals surface area contributed by atoms with Gasteiger partial charge in [-0.2, -0.15) is 0 Å². The Kier molecular flexibility index (Phi) is 10.5. The van der Waals surface area contributed by atoms with E-state index in [1.54, 1.807) is 0 Å². The molecule has 0 bridgehead atoms. The van der Waals surface area contributed by atoms with Crippen LogP contribution in [0.4, 0.5) is 0 Å². The van der Waals surface area contributed by atoms with Gasteiger partial charge in [0.2, 0.25) is 0 Å². The van der Waals surface area contributed by atoms with E-state index in [-0.39, 0.29) is 18.5 Å². The number of esters is 2. The monoisotopic (exact) mass is 507 g/mol. The lowest BCUT2D eigenvalue weighted by Crippen LogP contribution is -2.49. The Balaban J connectivity index is 1.72. The summed E-state index contributed by atoms with van der Waals surface area (Å²) in [5, 5.41) is 3.93. The van der Waals surface area contributed by atoms with E-state index in [4.69, 9.17) is 21.1 Å². The van der Waals surface area contributed by atoms with E-state index in [9.17, 15) is 9.59 Å². The number of nitrogens with one attached hydrogen (secondary N) is 1. The first-order valence-electron chi connectivity index (χ1n) is 12.2. The number of rotatable bonds is 12. The molecule has 0 saturated carbocycles. The van der Waals surface area contributed by atoms with Gasteiger partial charge in [-0.25, -0.2) is 0 Å². The Labute approximate surface area is 218 Å². The van der Waals surface area contributed by atoms with E-state index in [0.29, 0.717) is 17.9 Å². The summed E-state index contributed by atoms with van der Waals surface area (Å²) in [6, 6.07) is 24.1. The molecule has 3 aromatic carbocycles. The molecule has 0 aromatic heterocycles. The maximum atomic E-state index is 13.0. The van der Waals surface area contributed by atoms with Crippen molar-refractivity contribution in [1.29, 1.82) is 0 Å². The Morgan fingerprint density at radius 1 is 0.806 bits per heavy atom. The highest BCUT2D eigenvalue weighted by Crippen LogP contribution is 2.17. The van der Waals surface area contributed by atoms with Crippen LogP contribution in [-0.4, -0.2) is 31.1 Å². The van der Waals surface area contributed by atoms with Crippen molar-refractivity contribution in [3.8, 4) is 0 Å². The molecule has 190 valence electrons. The molecular weight excluding hydrogens is 474 g/mol. The summed E-state index contributed by atoms with van der Waals surface area (Å²) in [6.07, 6.45) is 1.65. The Morgan fingerprint density at radius 2 is 1.44 bits per heavy atom. The molecule has 0 fully saturated rings. The number of methoxy groups -OCH3 is 1. The summed E-state index contributed by atoms with van der Waals surface area (Å²) < 4.78 is 10.7. The summed E-state index contributed by atoms with van der Waals surface area (Å²) in [5.41, 5.74) is 4.10. The Morgan fingerprint density at radius 3 is 2.11 bits per heavy atom. The minimum Gasteiger partial charge on any atom is -0.468 e. The molecule has 0 aliphatic rings. The van der Waals surface area contributed by atoms with Gasteiger partial charge in [-0.15, -0.1) is 0 Å². The maximum absolute atomic E-state index is 13.0. The summed E-state index contributed by atoms with van der Waals surface area (Å²) >= 11 is 6.13. The van der Waals surface area contributed by atoms with Crippen LogP contribution < -0.4 is 5.32 Å². The largest absolute Gasteiger partial charge is 0.468 e. The van der Waals surface area contributed by atoms with Crippen LogP contribution in [-0.2, 0) is 38.5 Å². The minimum absolute atomic E-state index is 0.185. The van der Waals surface area contributed by atoms with Gasteiger partial charge in [0.15, 0.2) is 0 Å². The molecule has 6 heteroatoms. The summed E-state index contributed by atoms with van der Waals surface area (Å²) in [7, 11) is 1.36. The molecule has 0 aliphatic heterocycles. The van der Waals surface area contributed by atoms with E-state index >= 15 is 0 Å². The van der Waals surface area contributed by atoms with Gasteiger partial charge in [0.05, 0.1) is 7.11 Å². The second-order valence-corrected chi connectivity index (χ2v) is 9.79. The van der Waals surface area contributed by atoms with E-state index < -0.39 is 18.1 Å². The van der Waals surface area contributed by atoms with Crippen LogP contribution >= 0.6 is 11.6 Å². The van der Waals surface area contributed by atoms with Crippen molar-refractivity contribution in [1.82, 2.24) is 5.32 Å². The average molecular weight is 508 g/mol. The second kappa shape index (κ2) is 13.8. The van der Waals surface area contributed by atoms with Gasteiger partial charge in [-0.3, -0.25) is 14.9 Å². The van der Waals surface area contributed by atoms with Crippen molar-refractivity contribution in [2.24, 2.45) is 5.92 Å². The predicted molar refractivity (Wildman–Crippen MR) is 143 cm³/mol. The first-order valence-corrected chi connectivity index (χ1v) is 12.6. The molecule has 0 spiro atoms. The van der Waals surface area contributed by atoms with Crippen molar-refractivity contribution in [3.63, 3.8) is 0 Å². The van der Waals surface area contributed by atoms with Gasteiger partial charge in [-0.1, -0.05) is 92.2 Å². The van der Waals surface area contributed by atoms with E-state index in [1.165, 1.54) is 7.11 Å². The highest BCUT2D eigenvalue weighted by Gasteiger charge is 2.29. The molecule has 0 amide bonds. The highest BCUT2D eigenvalue weighted by atomic mass is 35.5. The molecule has 0 aliphatic carbocycles. The van der Waals surface area contributed by atoms with Crippen LogP contribution in [0.2, 0.25) is 5.02 Å². The molecule has 0 saturated heterocycles. The number of ether oxygens (including phenoxy) is 2. The standard InChI is InChI=1S/C30H34ClNO4/c1-21(2)15-27(30(34)36-20-22-9-5-4-6-10-22)32-28(29(33)35-3)19-25-12-7-11-23(17-25)16-24-13-8-14-26(31)18-24/h4-14,17-18,21,27-28,32H,15-16,19-20H2,1-3H3/t27-,28?/m0/s1. The number of hydrogen-bond donors (Lipinski definition) is 1. The average Bonchev–Trinajstić information content (AvgIpc) is 2.86. The van der Waals surface area contributed by atoms with E-state index in [0.717, 1.165) is 28.7 Å². The Bertz CT molecular complexity index is 1130. The third-order valence-corrected chi connectivity index (χ3v) is 6.07. The molecule has 1 N–H and O–H groups in total. The van der Waals surface area contributed by atoms with Crippen molar-refractivity contribution in [2.75, 3.05) is 7.11 Å². The van der Waals surface area contributed by atoms with Crippen molar-refractivity contribution in [3.05, 3.63) is 106 Å². The zero-order valence-corrected chi connectivity index (χ0v) is 21.8. The lowest BCUT2D eigenvalue weighted by Gasteiger charge is -2.24. The van der Waals surface area contributed by atoms with Crippen LogP contribution in [0.3, 0.4) is 0 Å². The number of hydrogen-bond acceptors (Lipinski definition) is 5. The number of carbonyl (C=O) groups is 2. The van der Waals surface area contributed by atoms with E-state index in [1.807, 2.05) is 86.6 Å². The molecule has 1 unspecified atom stereocenters. The normalized spacial score (nSPS) is 12.7. The third-order valence-electron chi connectivity index (χ3n) is 5.83. The third kappa shape index (κ3) is 8.81. The zero-order valence-electron chi connectivity index (χ0n) is 21.1. The summed E-state index contributed by atoms with van der Waals surface area (Å²) in [4.78, 5) is 25.7. The fraction of sp³-hybridized carbons (Fsp3) is 0.333. The molecule has 0 radical (unpaired) electrons. The minimum atomic E-state index is -0.690. The molecule has 3 rings (SSSR count). The second-order valence-electron chi connectivity index (χ2n) is 9.35. The van der Waals surface area contributed by atoms with Gasteiger partial charge in [-0.05, 0) is 59.6 Å². The first-order chi connectivity index (χ1) is 17.3. The maximum Gasteiger partial charge on any atom is 0.323 e. The molecule has 0 heterocycles. The van der Waals surface area contributed by atoms with Crippen LogP contribution in [0.5, 0.6) is 0 Å². The van der Waals surface area contributed by atoms with E-state index in [2.05, 4.69) is 11.4 Å². The SMILES string of the molecule is COC(=O)C(Cc1cccc(Cc2cccc(Cl)c2)c1)N[C@@H](CC(C)C)C(=O)OCc1ccccc1. The van der Waals surface area contributed by atoms with Crippen LogP contribution in [0, 0.1) is 5.92 Å². The van der Waals surface area contributed by atoms with Gasteiger partial charge in [0, 0.05) is 5.02 Å². The first kappa shape index (κ1) is 27.4. The molecular formula is C30H34ClNO4. The predicted octanol–water partition coefficient (Wildman–Crippen LogP) is 5.76. The molecule has 3 aromatic rings. The van der Waals surface area contributed by atoms with Crippen molar-refractivity contribution in [2.45, 2.75) is 51.8 Å². The quantitative estimate of drug-likeness (QED) is 0.316. The number of halogens is 1. The molecule has 5 nitrogen and oxygen atoms in total. The molecule has 2 atom stereocenters. The fourth-order valence-corrected chi connectivity index (χ4v) is 4.33. The molecule has 36 heavy (non-hydrogen) atoms. The number of carbonyl (C=O) groups excluding carboxylic acids is 2. The van der Waals surface area contributed by atoms with Crippen molar-refractivity contribution < 1.29 is 19.1 Å². The van der Waals surface area contributed by atoms with Gasteiger partial charge in [0.1, 0.15) is 18.7 Å². The van der Waals surface area contributed by atoms with Gasteiger partial charge >= 0.3 is 11.9 Å². The summed E-state index contributed by atoms with van der Waals surface area (Å²) in [5.74, 6) is -0.567. The topological polar surface area (TPSA) is 64.6 Å². The lowest BCUT2D eigenvalue weighted by molar-refractivity contribution is -0.149. The fourth-order valence-electron chi connectivity index (χ4n) is 4.11. The lowest BCUT2D eigenvalue weighted by atomic mass is 9.98. The summed E-state index contributed by atoms with van der Waals surface area (Å²) in [6.45, 7) is 4.25. The van der Waals surface area contributed by atoms with Gasteiger partial charge in [0.25, 0.3) is 0 Å². The smallest absolute Gasteiger partial charge is 0.323 e. The van der Waals surface area contributed by atoms with Crippen molar-refractivity contribution >= 4 is 23.5 Å². The van der Waals surface area contributed by atoms with Crippen LogP contribution in [0.1, 0.15) is 42.5 Å².